The van der Waals surface area contributed by atoms with Crippen molar-refractivity contribution in [3.8, 4) is 0 Å². The normalized spacial score (nSPS) is 15.9. The molecule has 0 saturated carbocycles. The lowest BCUT2D eigenvalue weighted by atomic mass is 9.99. The molecule has 0 saturated heterocycles. The Morgan fingerprint density at radius 1 is 1.43 bits per heavy atom. The number of carbonyl (C=O) groups excluding carboxylic acids is 1. The van der Waals surface area contributed by atoms with Gasteiger partial charge in [0.15, 0.2) is 5.78 Å². The molecule has 78 valence electrons. The summed E-state index contributed by atoms with van der Waals surface area (Å²) >= 11 is 0. The Balaban J connectivity index is 2.99. The van der Waals surface area contributed by atoms with Gasteiger partial charge < -0.3 is 4.90 Å². The molecular formula is C12H19NO. The minimum absolute atomic E-state index is 0.183. The zero-order valence-electron chi connectivity index (χ0n) is 9.34. The predicted octanol–water partition coefficient (Wildman–Crippen LogP) is 2.52. The second kappa shape index (κ2) is 4.99. The highest BCUT2D eigenvalue weighted by Gasteiger charge is 2.15. The molecule has 0 aliphatic heterocycles. The summed E-state index contributed by atoms with van der Waals surface area (Å²) in [6.45, 7) is 7.88. The van der Waals surface area contributed by atoms with E-state index in [0.717, 1.165) is 31.5 Å². The van der Waals surface area contributed by atoms with Crippen LogP contribution in [0.15, 0.2) is 23.4 Å². The van der Waals surface area contributed by atoms with E-state index in [1.54, 1.807) is 6.92 Å². The van der Waals surface area contributed by atoms with Crippen molar-refractivity contribution in [2.24, 2.45) is 0 Å². The molecule has 0 aromatic heterocycles. The minimum atomic E-state index is 0.183. The lowest BCUT2D eigenvalue weighted by Gasteiger charge is -2.27. The maximum Gasteiger partial charge on any atom is 0.161 e. The molecule has 14 heavy (non-hydrogen) atoms. The number of Topliss-reactive ketones (excluding diaryl/α,β-unsaturated/α-hetero) is 1. The summed E-state index contributed by atoms with van der Waals surface area (Å²) in [6, 6.07) is 0. The van der Waals surface area contributed by atoms with E-state index in [1.165, 1.54) is 5.70 Å². The van der Waals surface area contributed by atoms with Crippen LogP contribution in [-0.4, -0.2) is 23.8 Å². The standard InChI is InChI=1S/C12H19NO/c1-4-13(5-2)12-9-7-6-8-11(12)10(3)14/h6,8H,4-5,7,9H2,1-3H3. The number of ketones is 1. The van der Waals surface area contributed by atoms with E-state index in [4.69, 9.17) is 0 Å². The molecule has 0 heterocycles. The highest BCUT2D eigenvalue weighted by molar-refractivity contribution is 5.97. The molecule has 0 fully saturated rings. The van der Waals surface area contributed by atoms with Crippen molar-refractivity contribution in [1.29, 1.82) is 0 Å². The van der Waals surface area contributed by atoms with E-state index in [1.807, 2.05) is 6.08 Å². The van der Waals surface area contributed by atoms with Gasteiger partial charge in [-0.1, -0.05) is 12.2 Å². The van der Waals surface area contributed by atoms with Crippen molar-refractivity contribution in [3.63, 3.8) is 0 Å². The maximum absolute atomic E-state index is 11.4. The van der Waals surface area contributed by atoms with Crippen LogP contribution in [0.2, 0.25) is 0 Å². The first kappa shape index (κ1) is 11.0. The van der Waals surface area contributed by atoms with Crippen molar-refractivity contribution >= 4 is 5.78 Å². The Morgan fingerprint density at radius 3 is 2.57 bits per heavy atom. The second-order valence-electron chi connectivity index (χ2n) is 3.53. The summed E-state index contributed by atoms with van der Waals surface area (Å²) in [5.41, 5.74) is 2.13. The number of allylic oxidation sites excluding steroid dienone is 4. The Kier molecular flexibility index (Phi) is 3.93. The Labute approximate surface area is 86.3 Å². The van der Waals surface area contributed by atoms with Crippen LogP contribution in [0.3, 0.4) is 0 Å². The van der Waals surface area contributed by atoms with Crippen LogP contribution in [0.5, 0.6) is 0 Å². The SMILES string of the molecule is CCN(CC)C1=C(C(C)=O)C=CCC1. The van der Waals surface area contributed by atoms with Gasteiger partial charge in [0.2, 0.25) is 0 Å². The number of carbonyl (C=O) groups is 1. The largest absolute Gasteiger partial charge is 0.375 e. The molecule has 0 aromatic rings. The van der Waals surface area contributed by atoms with Crippen LogP contribution in [0.25, 0.3) is 0 Å². The van der Waals surface area contributed by atoms with Crippen LogP contribution in [0.4, 0.5) is 0 Å². The number of nitrogens with zero attached hydrogens (tertiary/aromatic N) is 1. The maximum atomic E-state index is 11.4. The molecule has 0 atom stereocenters. The van der Waals surface area contributed by atoms with Gasteiger partial charge in [0.25, 0.3) is 0 Å². The summed E-state index contributed by atoms with van der Waals surface area (Å²) in [6.07, 6.45) is 6.12. The Morgan fingerprint density at radius 2 is 2.07 bits per heavy atom. The van der Waals surface area contributed by atoms with Gasteiger partial charge in [-0.15, -0.1) is 0 Å². The summed E-state index contributed by atoms with van der Waals surface area (Å²) in [7, 11) is 0. The van der Waals surface area contributed by atoms with E-state index in [2.05, 4.69) is 24.8 Å². The van der Waals surface area contributed by atoms with E-state index in [0.29, 0.717) is 0 Å². The van der Waals surface area contributed by atoms with Gasteiger partial charge in [-0.25, -0.2) is 0 Å². The molecule has 0 unspecified atom stereocenters. The molecule has 0 N–H and O–H groups in total. The third kappa shape index (κ3) is 2.25. The first-order valence-electron chi connectivity index (χ1n) is 5.36. The van der Waals surface area contributed by atoms with Crippen molar-refractivity contribution in [2.75, 3.05) is 13.1 Å². The zero-order valence-corrected chi connectivity index (χ0v) is 9.34. The summed E-state index contributed by atoms with van der Waals surface area (Å²) in [5.74, 6) is 0.183. The van der Waals surface area contributed by atoms with E-state index in [-0.39, 0.29) is 5.78 Å². The fourth-order valence-electron chi connectivity index (χ4n) is 1.91. The number of rotatable bonds is 4. The van der Waals surface area contributed by atoms with Crippen LogP contribution in [-0.2, 0) is 4.79 Å². The van der Waals surface area contributed by atoms with Crippen molar-refractivity contribution in [2.45, 2.75) is 33.6 Å². The van der Waals surface area contributed by atoms with Crippen LogP contribution in [0, 0.1) is 0 Å². The van der Waals surface area contributed by atoms with Crippen molar-refractivity contribution in [1.82, 2.24) is 4.90 Å². The van der Waals surface area contributed by atoms with Gasteiger partial charge in [0, 0.05) is 24.4 Å². The molecule has 0 amide bonds. The first-order chi connectivity index (χ1) is 6.70. The fraction of sp³-hybridized carbons (Fsp3) is 0.583. The molecule has 0 bridgehead atoms. The first-order valence-corrected chi connectivity index (χ1v) is 5.36. The Hall–Kier alpha value is -1.05. The topological polar surface area (TPSA) is 20.3 Å². The average molecular weight is 193 g/mol. The molecule has 1 aliphatic carbocycles. The lowest BCUT2D eigenvalue weighted by Crippen LogP contribution is -2.25. The minimum Gasteiger partial charge on any atom is -0.375 e. The lowest BCUT2D eigenvalue weighted by molar-refractivity contribution is -0.113. The molecule has 0 aromatic carbocycles. The third-order valence-electron chi connectivity index (χ3n) is 2.67. The Bertz CT molecular complexity index is 272. The number of hydrogen-bond acceptors (Lipinski definition) is 2. The molecule has 0 spiro atoms. The van der Waals surface area contributed by atoms with Gasteiger partial charge >= 0.3 is 0 Å². The molecule has 1 aliphatic rings. The van der Waals surface area contributed by atoms with Gasteiger partial charge in [0.05, 0.1) is 0 Å². The number of hydrogen-bond donors (Lipinski definition) is 0. The molecular weight excluding hydrogens is 174 g/mol. The summed E-state index contributed by atoms with van der Waals surface area (Å²) in [4.78, 5) is 13.7. The van der Waals surface area contributed by atoms with Crippen LogP contribution in [0.1, 0.15) is 33.6 Å². The third-order valence-corrected chi connectivity index (χ3v) is 2.67. The van der Waals surface area contributed by atoms with Crippen LogP contribution < -0.4 is 0 Å². The van der Waals surface area contributed by atoms with Gasteiger partial charge in [-0.3, -0.25) is 4.79 Å². The molecule has 1 rings (SSSR count). The van der Waals surface area contributed by atoms with Crippen molar-refractivity contribution in [3.05, 3.63) is 23.4 Å². The molecule has 2 heteroatoms. The molecule has 0 radical (unpaired) electrons. The van der Waals surface area contributed by atoms with Gasteiger partial charge in [0.1, 0.15) is 0 Å². The van der Waals surface area contributed by atoms with E-state index >= 15 is 0 Å². The van der Waals surface area contributed by atoms with E-state index in [9.17, 15) is 4.79 Å². The highest BCUT2D eigenvalue weighted by atomic mass is 16.1. The molecule has 2 nitrogen and oxygen atoms in total. The quantitative estimate of drug-likeness (QED) is 0.683. The van der Waals surface area contributed by atoms with Gasteiger partial charge in [-0.2, -0.15) is 0 Å². The fourth-order valence-corrected chi connectivity index (χ4v) is 1.91. The highest BCUT2D eigenvalue weighted by Crippen LogP contribution is 2.22. The monoisotopic (exact) mass is 193 g/mol. The summed E-state index contributed by atoms with van der Waals surface area (Å²) < 4.78 is 0. The van der Waals surface area contributed by atoms with E-state index < -0.39 is 0 Å². The summed E-state index contributed by atoms with van der Waals surface area (Å²) in [5, 5.41) is 0. The predicted molar refractivity (Wildman–Crippen MR) is 59.0 cm³/mol. The smallest absolute Gasteiger partial charge is 0.161 e. The second-order valence-corrected chi connectivity index (χ2v) is 3.53. The van der Waals surface area contributed by atoms with Crippen molar-refractivity contribution < 1.29 is 4.79 Å². The van der Waals surface area contributed by atoms with Crippen LogP contribution >= 0.6 is 0 Å². The zero-order chi connectivity index (χ0) is 10.6. The average Bonchev–Trinajstić information content (AvgIpc) is 2.20. The van der Waals surface area contributed by atoms with Gasteiger partial charge in [-0.05, 0) is 33.6 Å².